The molecule has 2 amide bonds. The number of halogens is 1. The van der Waals surface area contributed by atoms with Crippen molar-refractivity contribution in [3.63, 3.8) is 0 Å². The van der Waals surface area contributed by atoms with Gasteiger partial charge in [-0.15, -0.1) is 0 Å². The fraction of sp³-hybridized carbons (Fsp3) is 0.389. The number of nitrogens with one attached hydrogen (secondary N) is 3. The molecular formula is C18H22FN5O. The lowest BCUT2D eigenvalue weighted by molar-refractivity contribution is 0.240. The van der Waals surface area contributed by atoms with Gasteiger partial charge in [0.25, 0.3) is 0 Å². The fourth-order valence-electron chi connectivity index (χ4n) is 2.80. The monoisotopic (exact) mass is 343 g/mol. The molecule has 0 unspecified atom stereocenters. The van der Waals surface area contributed by atoms with Gasteiger partial charge in [0.05, 0.1) is 6.54 Å². The van der Waals surface area contributed by atoms with Crippen molar-refractivity contribution in [1.82, 2.24) is 25.8 Å². The van der Waals surface area contributed by atoms with Crippen LogP contribution in [-0.4, -0.2) is 27.8 Å². The van der Waals surface area contributed by atoms with Crippen LogP contribution in [0.25, 0.3) is 11.4 Å². The van der Waals surface area contributed by atoms with Gasteiger partial charge in [0.15, 0.2) is 5.82 Å². The van der Waals surface area contributed by atoms with Gasteiger partial charge < -0.3 is 10.6 Å². The quantitative estimate of drug-likeness (QED) is 0.704. The molecule has 7 heteroatoms. The maximum atomic E-state index is 12.9. The molecule has 0 spiro atoms. The molecule has 3 N–H and O–H groups in total. The molecule has 0 radical (unpaired) electrons. The standard InChI is InChI=1S/C18H22FN5O/c19-15-8-6-14(7-9-15)17-22-16(23-24-17)12-21-18(25)20-11-10-13-4-2-1-3-5-13/h4,6-9H,1-3,5,10-12H2,(H2,20,21,25)(H,22,23,24). The van der Waals surface area contributed by atoms with Gasteiger partial charge in [-0.25, -0.2) is 14.2 Å². The van der Waals surface area contributed by atoms with E-state index in [2.05, 4.69) is 31.9 Å². The predicted molar refractivity (Wildman–Crippen MR) is 93.2 cm³/mol. The molecular weight excluding hydrogens is 321 g/mol. The largest absolute Gasteiger partial charge is 0.338 e. The van der Waals surface area contributed by atoms with Crippen molar-refractivity contribution >= 4 is 6.03 Å². The van der Waals surface area contributed by atoms with E-state index < -0.39 is 0 Å². The number of H-pyrrole nitrogens is 1. The number of allylic oxidation sites excluding steroid dienone is 1. The van der Waals surface area contributed by atoms with Crippen molar-refractivity contribution in [2.24, 2.45) is 0 Å². The van der Waals surface area contributed by atoms with Gasteiger partial charge in [-0.1, -0.05) is 11.6 Å². The van der Waals surface area contributed by atoms with E-state index in [1.807, 2.05) is 0 Å². The summed E-state index contributed by atoms with van der Waals surface area (Å²) < 4.78 is 12.9. The molecule has 2 aromatic rings. The van der Waals surface area contributed by atoms with Crippen molar-refractivity contribution in [3.8, 4) is 11.4 Å². The highest BCUT2D eigenvalue weighted by Crippen LogP contribution is 2.19. The number of aromatic amines is 1. The second kappa shape index (κ2) is 8.41. The number of carbonyl (C=O) groups is 1. The minimum absolute atomic E-state index is 0.226. The Balaban J connectivity index is 1.41. The number of rotatable bonds is 6. The van der Waals surface area contributed by atoms with Gasteiger partial charge in [-0.05, 0) is 56.4 Å². The molecule has 1 aliphatic carbocycles. The molecule has 25 heavy (non-hydrogen) atoms. The minimum Gasteiger partial charge on any atom is -0.338 e. The number of benzene rings is 1. The summed E-state index contributed by atoms with van der Waals surface area (Å²) in [6, 6.07) is 5.72. The smallest absolute Gasteiger partial charge is 0.315 e. The fourth-order valence-corrected chi connectivity index (χ4v) is 2.80. The van der Waals surface area contributed by atoms with E-state index in [9.17, 15) is 9.18 Å². The highest BCUT2D eigenvalue weighted by Gasteiger charge is 2.08. The zero-order valence-electron chi connectivity index (χ0n) is 14.0. The molecule has 0 atom stereocenters. The number of amides is 2. The molecule has 1 heterocycles. The Bertz CT molecular complexity index is 738. The van der Waals surface area contributed by atoms with Crippen LogP contribution in [0.15, 0.2) is 35.9 Å². The summed E-state index contributed by atoms with van der Waals surface area (Å²) in [6.45, 7) is 0.887. The van der Waals surface area contributed by atoms with Crippen LogP contribution < -0.4 is 10.6 Å². The highest BCUT2D eigenvalue weighted by molar-refractivity contribution is 5.73. The average Bonchev–Trinajstić information content (AvgIpc) is 3.10. The second-order valence-electron chi connectivity index (χ2n) is 6.08. The zero-order valence-corrected chi connectivity index (χ0v) is 14.0. The van der Waals surface area contributed by atoms with Crippen molar-refractivity contribution in [2.45, 2.75) is 38.6 Å². The molecule has 1 aromatic heterocycles. The van der Waals surface area contributed by atoms with Crippen molar-refractivity contribution in [3.05, 3.63) is 47.6 Å². The molecule has 3 rings (SSSR count). The van der Waals surface area contributed by atoms with E-state index in [1.54, 1.807) is 12.1 Å². The third-order valence-electron chi connectivity index (χ3n) is 4.17. The first-order chi connectivity index (χ1) is 12.2. The average molecular weight is 343 g/mol. The summed E-state index contributed by atoms with van der Waals surface area (Å²) in [6.07, 6.45) is 8.02. The van der Waals surface area contributed by atoms with Crippen molar-refractivity contribution < 1.29 is 9.18 Å². The zero-order chi connectivity index (χ0) is 17.5. The first-order valence-electron chi connectivity index (χ1n) is 8.57. The molecule has 0 fully saturated rings. The maximum Gasteiger partial charge on any atom is 0.315 e. The molecule has 0 saturated carbocycles. The Morgan fingerprint density at radius 3 is 2.80 bits per heavy atom. The van der Waals surface area contributed by atoms with Gasteiger partial charge in [-0.2, -0.15) is 5.10 Å². The van der Waals surface area contributed by atoms with E-state index in [0.29, 0.717) is 23.8 Å². The van der Waals surface area contributed by atoms with Crippen LogP contribution in [0.4, 0.5) is 9.18 Å². The number of hydrogen-bond donors (Lipinski definition) is 3. The van der Waals surface area contributed by atoms with Crippen LogP contribution in [0.1, 0.15) is 37.9 Å². The summed E-state index contributed by atoms with van der Waals surface area (Å²) in [5, 5.41) is 12.5. The van der Waals surface area contributed by atoms with Gasteiger partial charge in [0.2, 0.25) is 0 Å². The lowest BCUT2D eigenvalue weighted by Crippen LogP contribution is -2.36. The lowest BCUT2D eigenvalue weighted by atomic mass is 9.97. The van der Waals surface area contributed by atoms with Crippen molar-refractivity contribution in [2.75, 3.05) is 6.54 Å². The summed E-state index contributed by atoms with van der Waals surface area (Å²) in [5.41, 5.74) is 2.15. The summed E-state index contributed by atoms with van der Waals surface area (Å²) in [4.78, 5) is 16.1. The number of carbonyl (C=O) groups excluding carboxylic acids is 1. The highest BCUT2D eigenvalue weighted by atomic mass is 19.1. The SMILES string of the molecule is O=C(NCCC1=CCCCC1)NCc1nc(-c2ccc(F)cc2)n[nH]1. The Morgan fingerprint density at radius 1 is 1.20 bits per heavy atom. The van der Waals surface area contributed by atoms with Gasteiger partial charge in [0.1, 0.15) is 11.6 Å². The normalized spacial score (nSPS) is 14.0. The third kappa shape index (κ3) is 5.14. The minimum atomic E-state index is -0.304. The first kappa shape index (κ1) is 17.1. The van der Waals surface area contributed by atoms with Crippen LogP contribution >= 0.6 is 0 Å². The number of nitrogens with zero attached hydrogens (tertiary/aromatic N) is 2. The van der Waals surface area contributed by atoms with E-state index in [4.69, 9.17) is 0 Å². The van der Waals surface area contributed by atoms with E-state index in [-0.39, 0.29) is 18.4 Å². The molecule has 132 valence electrons. The summed E-state index contributed by atoms with van der Waals surface area (Å²) >= 11 is 0. The Kier molecular flexibility index (Phi) is 5.77. The van der Waals surface area contributed by atoms with Crippen LogP contribution in [0.3, 0.4) is 0 Å². The first-order valence-corrected chi connectivity index (χ1v) is 8.57. The number of urea groups is 1. The van der Waals surface area contributed by atoms with E-state index in [1.165, 1.54) is 30.5 Å². The van der Waals surface area contributed by atoms with Crippen LogP contribution in [-0.2, 0) is 6.54 Å². The van der Waals surface area contributed by atoms with E-state index >= 15 is 0 Å². The van der Waals surface area contributed by atoms with Crippen LogP contribution in [0.5, 0.6) is 0 Å². The van der Waals surface area contributed by atoms with Crippen LogP contribution in [0, 0.1) is 5.82 Å². The summed E-state index contributed by atoms with van der Waals surface area (Å²) in [5.74, 6) is 0.716. The predicted octanol–water partition coefficient (Wildman–Crippen LogP) is 3.30. The van der Waals surface area contributed by atoms with Crippen molar-refractivity contribution in [1.29, 1.82) is 0 Å². The third-order valence-corrected chi connectivity index (χ3v) is 4.17. The molecule has 1 aliphatic rings. The molecule has 0 aliphatic heterocycles. The Hall–Kier alpha value is -2.70. The lowest BCUT2D eigenvalue weighted by Gasteiger charge is -2.13. The van der Waals surface area contributed by atoms with Gasteiger partial charge in [0, 0.05) is 12.1 Å². The van der Waals surface area contributed by atoms with E-state index in [0.717, 1.165) is 19.3 Å². The Morgan fingerprint density at radius 2 is 2.04 bits per heavy atom. The molecule has 6 nitrogen and oxygen atoms in total. The molecule has 0 bridgehead atoms. The molecule has 0 saturated heterocycles. The molecule has 1 aromatic carbocycles. The summed E-state index contributed by atoms with van der Waals surface area (Å²) in [7, 11) is 0. The number of aromatic nitrogens is 3. The number of hydrogen-bond acceptors (Lipinski definition) is 3. The Labute approximate surface area is 145 Å². The topological polar surface area (TPSA) is 82.7 Å². The van der Waals surface area contributed by atoms with Gasteiger partial charge >= 0.3 is 6.03 Å². The van der Waals surface area contributed by atoms with Gasteiger partial charge in [-0.3, -0.25) is 5.10 Å². The second-order valence-corrected chi connectivity index (χ2v) is 6.08. The maximum absolute atomic E-state index is 12.9. The van der Waals surface area contributed by atoms with Crippen LogP contribution in [0.2, 0.25) is 0 Å².